The average Bonchev–Trinajstić information content (AvgIpc) is 2.78. The molecule has 0 fully saturated rings. The third-order valence-corrected chi connectivity index (χ3v) is 2.45. The summed E-state index contributed by atoms with van der Waals surface area (Å²) < 4.78 is 12.3. The molecule has 1 rings (SSSR count). The molecule has 0 aliphatic heterocycles. The van der Waals surface area contributed by atoms with E-state index in [2.05, 4.69) is 23.4 Å². The summed E-state index contributed by atoms with van der Waals surface area (Å²) in [5.74, 6) is 0. The maximum absolute atomic E-state index is 5.41. The molecule has 0 amide bonds. The Morgan fingerprint density at radius 3 is 3.00 bits per heavy atom. The van der Waals surface area contributed by atoms with Gasteiger partial charge in [-0.25, -0.2) is 0 Å². The van der Waals surface area contributed by atoms with Gasteiger partial charge in [0.25, 0.3) is 0 Å². The standard InChI is InChI=1S/C12H23N3O2/c1-3-13-11-12-5-6-14-15(12)7-4-8-17-10-9-16-2/h5-6,13H,3-4,7-11H2,1-2H3. The second kappa shape index (κ2) is 9.15. The van der Waals surface area contributed by atoms with Crippen molar-refractivity contribution in [2.45, 2.75) is 26.4 Å². The number of nitrogens with one attached hydrogen (secondary N) is 1. The van der Waals surface area contributed by atoms with Crippen LogP contribution in [-0.4, -0.2) is 43.3 Å². The van der Waals surface area contributed by atoms with E-state index >= 15 is 0 Å². The minimum absolute atomic E-state index is 0.660. The van der Waals surface area contributed by atoms with Gasteiger partial charge in [0.05, 0.1) is 18.9 Å². The van der Waals surface area contributed by atoms with Crippen molar-refractivity contribution in [1.29, 1.82) is 0 Å². The van der Waals surface area contributed by atoms with Gasteiger partial charge in [0.1, 0.15) is 0 Å². The maximum atomic E-state index is 5.41. The molecule has 0 aliphatic carbocycles. The summed E-state index contributed by atoms with van der Waals surface area (Å²) in [6.07, 6.45) is 2.82. The Hall–Kier alpha value is -0.910. The van der Waals surface area contributed by atoms with Crippen LogP contribution >= 0.6 is 0 Å². The summed E-state index contributed by atoms with van der Waals surface area (Å²) in [6.45, 7) is 6.94. The third-order valence-electron chi connectivity index (χ3n) is 2.45. The van der Waals surface area contributed by atoms with E-state index in [4.69, 9.17) is 9.47 Å². The van der Waals surface area contributed by atoms with E-state index in [-0.39, 0.29) is 0 Å². The Labute approximate surface area is 103 Å². The molecule has 1 aromatic rings. The summed E-state index contributed by atoms with van der Waals surface area (Å²) in [6, 6.07) is 2.05. The van der Waals surface area contributed by atoms with Gasteiger partial charge in [0.15, 0.2) is 0 Å². The molecule has 0 unspecified atom stereocenters. The van der Waals surface area contributed by atoms with Crippen LogP contribution in [0, 0.1) is 0 Å². The first-order valence-corrected chi connectivity index (χ1v) is 6.16. The minimum Gasteiger partial charge on any atom is -0.382 e. The van der Waals surface area contributed by atoms with Crippen molar-refractivity contribution in [3.05, 3.63) is 18.0 Å². The van der Waals surface area contributed by atoms with Crippen molar-refractivity contribution in [2.24, 2.45) is 0 Å². The van der Waals surface area contributed by atoms with Crippen LogP contribution in [0.4, 0.5) is 0 Å². The molecule has 1 N–H and O–H groups in total. The quantitative estimate of drug-likeness (QED) is 0.622. The summed E-state index contributed by atoms with van der Waals surface area (Å²) in [7, 11) is 1.68. The van der Waals surface area contributed by atoms with Crippen LogP contribution in [-0.2, 0) is 22.6 Å². The zero-order chi connectivity index (χ0) is 12.3. The van der Waals surface area contributed by atoms with Crippen LogP contribution in [0.1, 0.15) is 19.0 Å². The SMILES string of the molecule is CCNCc1ccnn1CCCOCCOC. The molecule has 0 aromatic carbocycles. The van der Waals surface area contributed by atoms with Gasteiger partial charge in [-0.05, 0) is 19.0 Å². The van der Waals surface area contributed by atoms with Crippen LogP contribution in [0.3, 0.4) is 0 Å². The van der Waals surface area contributed by atoms with Crippen molar-refractivity contribution in [1.82, 2.24) is 15.1 Å². The Kier molecular flexibility index (Phi) is 7.62. The molecule has 0 saturated heterocycles. The Balaban J connectivity index is 2.15. The van der Waals surface area contributed by atoms with Crippen molar-refractivity contribution in [2.75, 3.05) is 33.5 Å². The van der Waals surface area contributed by atoms with Gasteiger partial charge < -0.3 is 14.8 Å². The van der Waals surface area contributed by atoms with Gasteiger partial charge >= 0.3 is 0 Å². The van der Waals surface area contributed by atoms with E-state index in [9.17, 15) is 0 Å². The second-order valence-electron chi connectivity index (χ2n) is 3.78. The maximum Gasteiger partial charge on any atom is 0.0700 e. The number of hydrogen-bond acceptors (Lipinski definition) is 4. The third kappa shape index (κ3) is 5.81. The topological polar surface area (TPSA) is 48.3 Å². The van der Waals surface area contributed by atoms with Gasteiger partial charge in [-0.2, -0.15) is 5.10 Å². The van der Waals surface area contributed by atoms with Crippen LogP contribution in [0.25, 0.3) is 0 Å². The number of ether oxygens (including phenoxy) is 2. The van der Waals surface area contributed by atoms with Crippen LogP contribution in [0.5, 0.6) is 0 Å². The lowest BCUT2D eigenvalue weighted by molar-refractivity contribution is 0.0676. The lowest BCUT2D eigenvalue weighted by atomic mass is 10.4. The molecule has 98 valence electrons. The Morgan fingerprint density at radius 2 is 2.24 bits per heavy atom. The minimum atomic E-state index is 0.660. The van der Waals surface area contributed by atoms with E-state index < -0.39 is 0 Å². The predicted octanol–water partition coefficient (Wildman–Crippen LogP) is 1.05. The molecule has 5 heteroatoms. The molecule has 0 aliphatic rings. The molecule has 0 saturated carbocycles. The largest absolute Gasteiger partial charge is 0.382 e. The highest BCUT2D eigenvalue weighted by atomic mass is 16.5. The lowest BCUT2D eigenvalue weighted by Crippen LogP contribution is -2.16. The average molecular weight is 241 g/mol. The first kappa shape index (κ1) is 14.2. The number of aromatic nitrogens is 2. The fourth-order valence-electron chi connectivity index (χ4n) is 1.53. The normalized spacial score (nSPS) is 10.9. The number of hydrogen-bond donors (Lipinski definition) is 1. The predicted molar refractivity (Wildman–Crippen MR) is 66.9 cm³/mol. The van der Waals surface area contributed by atoms with Crippen LogP contribution in [0.15, 0.2) is 12.3 Å². The van der Waals surface area contributed by atoms with Crippen LogP contribution in [0.2, 0.25) is 0 Å². The highest BCUT2D eigenvalue weighted by Gasteiger charge is 2.01. The van der Waals surface area contributed by atoms with Gasteiger partial charge in [-0.3, -0.25) is 4.68 Å². The number of methoxy groups -OCH3 is 1. The highest BCUT2D eigenvalue weighted by Crippen LogP contribution is 2.00. The summed E-state index contributed by atoms with van der Waals surface area (Å²) in [4.78, 5) is 0. The monoisotopic (exact) mass is 241 g/mol. The zero-order valence-electron chi connectivity index (χ0n) is 10.8. The smallest absolute Gasteiger partial charge is 0.0700 e. The van der Waals surface area contributed by atoms with Crippen LogP contribution < -0.4 is 5.32 Å². The van der Waals surface area contributed by atoms with E-state index in [0.717, 1.165) is 32.7 Å². The van der Waals surface area contributed by atoms with E-state index in [1.807, 2.05) is 10.9 Å². The molecule has 1 aromatic heterocycles. The number of aryl methyl sites for hydroxylation is 1. The molecule has 0 spiro atoms. The molecule has 0 radical (unpaired) electrons. The van der Waals surface area contributed by atoms with E-state index in [1.165, 1.54) is 5.69 Å². The highest BCUT2D eigenvalue weighted by molar-refractivity contribution is 4.99. The van der Waals surface area contributed by atoms with Gasteiger partial charge in [0, 0.05) is 33.0 Å². The van der Waals surface area contributed by atoms with Gasteiger partial charge in [-0.15, -0.1) is 0 Å². The Bertz CT molecular complexity index is 289. The molecular formula is C12H23N3O2. The van der Waals surface area contributed by atoms with Gasteiger partial charge in [-0.1, -0.05) is 6.92 Å². The van der Waals surface area contributed by atoms with Crippen molar-refractivity contribution < 1.29 is 9.47 Å². The van der Waals surface area contributed by atoms with Gasteiger partial charge in [0.2, 0.25) is 0 Å². The first-order valence-electron chi connectivity index (χ1n) is 6.16. The molecule has 0 atom stereocenters. The molecule has 17 heavy (non-hydrogen) atoms. The van der Waals surface area contributed by atoms with E-state index in [1.54, 1.807) is 7.11 Å². The fourth-order valence-corrected chi connectivity index (χ4v) is 1.53. The number of rotatable bonds is 10. The molecule has 5 nitrogen and oxygen atoms in total. The summed E-state index contributed by atoms with van der Waals surface area (Å²) in [5, 5.41) is 7.60. The zero-order valence-corrected chi connectivity index (χ0v) is 10.8. The van der Waals surface area contributed by atoms with Crippen molar-refractivity contribution in [3.63, 3.8) is 0 Å². The lowest BCUT2D eigenvalue weighted by Gasteiger charge is -2.08. The second-order valence-corrected chi connectivity index (χ2v) is 3.78. The molecule has 1 heterocycles. The molecule has 0 bridgehead atoms. The Morgan fingerprint density at radius 1 is 1.35 bits per heavy atom. The first-order chi connectivity index (χ1) is 8.38. The van der Waals surface area contributed by atoms with E-state index in [0.29, 0.717) is 13.2 Å². The fraction of sp³-hybridized carbons (Fsp3) is 0.750. The summed E-state index contributed by atoms with van der Waals surface area (Å²) >= 11 is 0. The van der Waals surface area contributed by atoms with Crippen molar-refractivity contribution in [3.8, 4) is 0 Å². The molecular weight excluding hydrogens is 218 g/mol. The summed E-state index contributed by atoms with van der Waals surface area (Å²) in [5.41, 5.74) is 1.23. The van der Waals surface area contributed by atoms with Crippen molar-refractivity contribution >= 4 is 0 Å². The number of nitrogens with zero attached hydrogens (tertiary/aromatic N) is 2.